The van der Waals surface area contributed by atoms with Crippen molar-refractivity contribution in [3.05, 3.63) is 63.1 Å². The van der Waals surface area contributed by atoms with E-state index in [4.69, 9.17) is 9.47 Å². The van der Waals surface area contributed by atoms with Gasteiger partial charge in [0.1, 0.15) is 11.5 Å². The van der Waals surface area contributed by atoms with Crippen LogP contribution in [0.15, 0.2) is 57.5 Å². The average Bonchev–Trinajstić information content (AvgIpc) is 2.78. The summed E-state index contributed by atoms with van der Waals surface area (Å²) in [5.74, 6) is 1.79. The molecule has 30 heavy (non-hydrogen) atoms. The number of rotatable bonds is 4. The van der Waals surface area contributed by atoms with Gasteiger partial charge in [-0.05, 0) is 29.8 Å². The van der Waals surface area contributed by atoms with Crippen molar-refractivity contribution in [3.63, 3.8) is 0 Å². The minimum atomic E-state index is -0.221. The van der Waals surface area contributed by atoms with Crippen LogP contribution >= 0.6 is 27.7 Å². The molecule has 2 aliphatic rings. The number of methoxy groups -OCH3 is 2. The molecule has 0 aliphatic carbocycles. The van der Waals surface area contributed by atoms with Gasteiger partial charge in [-0.25, -0.2) is 0 Å². The van der Waals surface area contributed by atoms with Crippen molar-refractivity contribution >= 4 is 39.3 Å². The monoisotopic (exact) mass is 485 g/mol. The van der Waals surface area contributed by atoms with Gasteiger partial charge in [-0.3, -0.25) is 9.69 Å². The highest BCUT2D eigenvalue weighted by Crippen LogP contribution is 2.44. The highest BCUT2D eigenvalue weighted by Gasteiger charge is 2.38. The number of anilines is 1. The van der Waals surface area contributed by atoms with Crippen LogP contribution in [0.4, 0.5) is 5.69 Å². The molecule has 0 bridgehead atoms. The third-order valence-corrected chi connectivity index (χ3v) is 6.92. The predicted octanol–water partition coefficient (Wildman–Crippen LogP) is 4.69. The first-order chi connectivity index (χ1) is 14.5. The molecule has 2 aromatic carbocycles. The third-order valence-electron chi connectivity index (χ3n) is 5.27. The molecular formula is C22H20BrN3O3S. The second kappa shape index (κ2) is 8.62. The van der Waals surface area contributed by atoms with Gasteiger partial charge in [0.05, 0.1) is 49.1 Å². The van der Waals surface area contributed by atoms with Crippen LogP contribution in [-0.4, -0.2) is 37.6 Å². The van der Waals surface area contributed by atoms with Crippen molar-refractivity contribution in [2.75, 3.05) is 31.7 Å². The van der Waals surface area contributed by atoms with Crippen LogP contribution in [0, 0.1) is 11.3 Å². The van der Waals surface area contributed by atoms with E-state index in [1.165, 1.54) is 11.8 Å². The lowest BCUT2D eigenvalue weighted by Gasteiger charge is -2.42. The fraction of sp³-hybridized carbons (Fsp3) is 0.273. The number of allylic oxidation sites excluding steroid dienone is 1. The summed E-state index contributed by atoms with van der Waals surface area (Å²) in [6.45, 7) is 0.375. The summed E-state index contributed by atoms with van der Waals surface area (Å²) in [5.41, 5.74) is 2.51. The van der Waals surface area contributed by atoms with Gasteiger partial charge >= 0.3 is 0 Å². The number of carbonyl (C=O) groups excluding carboxylic acids is 1. The number of hydrogen-bond acceptors (Lipinski definition) is 6. The molecule has 8 heteroatoms. The van der Waals surface area contributed by atoms with Crippen LogP contribution in [0.5, 0.6) is 11.5 Å². The number of nitriles is 1. The van der Waals surface area contributed by atoms with Crippen molar-refractivity contribution < 1.29 is 14.3 Å². The fourth-order valence-corrected chi connectivity index (χ4v) is 5.34. The first-order valence-corrected chi connectivity index (χ1v) is 11.1. The summed E-state index contributed by atoms with van der Waals surface area (Å²) >= 11 is 4.99. The Hall–Kier alpha value is -2.63. The number of thioether (sulfide) groups is 1. The molecule has 0 radical (unpaired) electrons. The Kier molecular flexibility index (Phi) is 5.93. The molecule has 0 aromatic heterocycles. The molecule has 1 unspecified atom stereocenters. The van der Waals surface area contributed by atoms with Crippen LogP contribution in [-0.2, 0) is 4.79 Å². The predicted molar refractivity (Wildman–Crippen MR) is 120 cm³/mol. The second-order valence-corrected chi connectivity index (χ2v) is 8.81. The summed E-state index contributed by atoms with van der Waals surface area (Å²) in [7, 11) is 3.23. The molecule has 1 saturated heterocycles. The van der Waals surface area contributed by atoms with Crippen LogP contribution < -0.4 is 14.4 Å². The number of benzene rings is 2. The number of ether oxygens (including phenoxy) is 2. The summed E-state index contributed by atoms with van der Waals surface area (Å²) in [6, 6.07) is 15.8. The SMILES string of the molecule is COc1ccc(N2CSC3=C(C#N)C(c4cccc(Br)c4)CC(=O)N3C2)c(OC)c1. The average molecular weight is 486 g/mol. The van der Waals surface area contributed by atoms with Gasteiger partial charge < -0.3 is 14.4 Å². The maximum atomic E-state index is 13.1. The topological polar surface area (TPSA) is 65.8 Å². The minimum absolute atomic E-state index is 0.0126. The lowest BCUT2D eigenvalue weighted by Crippen LogP contribution is -2.47. The molecule has 2 heterocycles. The molecular weight excluding hydrogens is 466 g/mol. The van der Waals surface area contributed by atoms with E-state index in [2.05, 4.69) is 26.9 Å². The van der Waals surface area contributed by atoms with E-state index >= 15 is 0 Å². The first kappa shape index (κ1) is 20.6. The number of nitrogens with zero attached hydrogens (tertiary/aromatic N) is 3. The Morgan fingerprint density at radius 2 is 2.03 bits per heavy atom. The molecule has 1 amide bonds. The number of halogens is 1. The van der Waals surface area contributed by atoms with Gasteiger partial charge in [0.2, 0.25) is 5.91 Å². The first-order valence-electron chi connectivity index (χ1n) is 9.35. The molecule has 2 aromatic rings. The highest BCUT2D eigenvalue weighted by molar-refractivity contribution is 9.10. The maximum Gasteiger partial charge on any atom is 0.229 e. The lowest BCUT2D eigenvalue weighted by atomic mass is 9.86. The Bertz CT molecular complexity index is 1070. The van der Waals surface area contributed by atoms with Crippen molar-refractivity contribution in [2.45, 2.75) is 12.3 Å². The Labute approximate surface area is 188 Å². The number of fused-ring (bicyclic) bond motifs is 1. The van der Waals surface area contributed by atoms with Crippen molar-refractivity contribution in [3.8, 4) is 17.6 Å². The Balaban J connectivity index is 1.66. The molecule has 0 N–H and O–H groups in total. The summed E-state index contributed by atoms with van der Waals surface area (Å²) in [6.07, 6.45) is 0.275. The summed E-state index contributed by atoms with van der Waals surface area (Å²) in [4.78, 5) is 16.9. The van der Waals surface area contributed by atoms with Crippen molar-refractivity contribution in [1.29, 1.82) is 5.26 Å². The molecule has 0 saturated carbocycles. The molecule has 2 aliphatic heterocycles. The maximum absolute atomic E-state index is 13.1. The third kappa shape index (κ3) is 3.75. The van der Waals surface area contributed by atoms with E-state index < -0.39 is 0 Å². The molecule has 6 nitrogen and oxygen atoms in total. The Morgan fingerprint density at radius 1 is 1.20 bits per heavy atom. The van der Waals surface area contributed by atoms with Crippen molar-refractivity contribution in [1.82, 2.24) is 4.90 Å². The second-order valence-electron chi connectivity index (χ2n) is 6.96. The lowest BCUT2D eigenvalue weighted by molar-refractivity contribution is -0.129. The zero-order valence-electron chi connectivity index (χ0n) is 16.6. The van der Waals surface area contributed by atoms with Crippen LogP contribution in [0.2, 0.25) is 0 Å². The smallest absolute Gasteiger partial charge is 0.229 e. The van der Waals surface area contributed by atoms with Crippen LogP contribution in [0.3, 0.4) is 0 Å². The van der Waals surface area contributed by atoms with Gasteiger partial charge in [0, 0.05) is 22.9 Å². The van der Waals surface area contributed by atoms with E-state index in [1.54, 1.807) is 19.1 Å². The van der Waals surface area contributed by atoms with Gasteiger partial charge in [0.25, 0.3) is 0 Å². The van der Waals surface area contributed by atoms with E-state index in [1.807, 2.05) is 42.5 Å². The molecule has 4 rings (SSSR count). The van der Waals surface area contributed by atoms with Gasteiger partial charge in [-0.1, -0.05) is 39.8 Å². The quantitative estimate of drug-likeness (QED) is 0.625. The molecule has 1 fully saturated rings. The van der Waals surface area contributed by atoms with Gasteiger partial charge in [0.15, 0.2) is 0 Å². The van der Waals surface area contributed by atoms with Gasteiger partial charge in [-0.2, -0.15) is 5.26 Å². The van der Waals surface area contributed by atoms with E-state index in [-0.39, 0.29) is 18.2 Å². The Morgan fingerprint density at radius 3 is 2.73 bits per heavy atom. The standard InChI is InChI=1S/C22H20BrN3O3S/c1-28-16-6-7-19(20(9-16)29-2)25-12-26-21(27)10-17(14-4-3-5-15(23)8-14)18(11-24)22(26)30-13-25/h3-9,17H,10,12-13H2,1-2H3. The highest BCUT2D eigenvalue weighted by atomic mass is 79.9. The summed E-state index contributed by atoms with van der Waals surface area (Å²) in [5, 5.41) is 10.7. The largest absolute Gasteiger partial charge is 0.497 e. The zero-order valence-corrected chi connectivity index (χ0v) is 19.0. The van der Waals surface area contributed by atoms with Crippen LogP contribution in [0.1, 0.15) is 17.9 Å². The fourth-order valence-electron chi connectivity index (χ4n) is 3.77. The summed E-state index contributed by atoms with van der Waals surface area (Å²) < 4.78 is 11.7. The molecule has 0 spiro atoms. The zero-order chi connectivity index (χ0) is 21.3. The normalized spacial score (nSPS) is 18.7. The minimum Gasteiger partial charge on any atom is -0.497 e. The van der Waals surface area contributed by atoms with Crippen molar-refractivity contribution in [2.24, 2.45) is 0 Å². The number of carbonyl (C=O) groups is 1. The van der Waals surface area contributed by atoms with E-state index in [0.29, 0.717) is 29.6 Å². The van der Waals surface area contributed by atoms with E-state index in [9.17, 15) is 10.1 Å². The number of hydrogen-bond donors (Lipinski definition) is 0. The van der Waals surface area contributed by atoms with Crippen LogP contribution in [0.25, 0.3) is 0 Å². The van der Waals surface area contributed by atoms with E-state index in [0.717, 1.165) is 20.8 Å². The molecule has 1 atom stereocenters. The number of amides is 1. The molecule has 154 valence electrons. The van der Waals surface area contributed by atoms with Gasteiger partial charge in [-0.15, -0.1) is 0 Å².